The average molecular weight is 174 g/mol. The van der Waals surface area contributed by atoms with Gasteiger partial charge in [0.1, 0.15) is 6.33 Å². The van der Waals surface area contributed by atoms with E-state index in [9.17, 15) is 4.79 Å². The molecule has 2 aromatic rings. The first-order chi connectivity index (χ1) is 6.29. The first-order valence-electron chi connectivity index (χ1n) is 3.63. The van der Waals surface area contributed by atoms with Crippen LogP contribution in [0.1, 0.15) is 10.4 Å². The summed E-state index contributed by atoms with van der Waals surface area (Å²) in [5.41, 5.74) is 6.03. The van der Waals surface area contributed by atoms with E-state index >= 15 is 0 Å². The van der Waals surface area contributed by atoms with E-state index in [4.69, 9.17) is 5.73 Å². The molecule has 0 radical (unpaired) electrons. The molecule has 5 heteroatoms. The average Bonchev–Trinajstić information content (AvgIpc) is 2.17. The minimum Gasteiger partial charge on any atom is -0.366 e. The normalized spacial score (nSPS) is 10.2. The molecule has 0 unspecified atom stereocenters. The summed E-state index contributed by atoms with van der Waals surface area (Å²) in [4.78, 5) is 22.6. The number of nitrogens with zero attached hydrogens (tertiary/aromatic N) is 3. The molecule has 0 spiro atoms. The number of rotatable bonds is 1. The van der Waals surface area contributed by atoms with Crippen LogP contribution in [0.25, 0.3) is 11.0 Å². The van der Waals surface area contributed by atoms with Gasteiger partial charge in [-0.1, -0.05) is 0 Å². The van der Waals surface area contributed by atoms with Gasteiger partial charge in [0.15, 0.2) is 5.65 Å². The Morgan fingerprint density at radius 2 is 2.23 bits per heavy atom. The van der Waals surface area contributed by atoms with Gasteiger partial charge in [0.05, 0.1) is 10.9 Å². The highest BCUT2D eigenvalue weighted by Crippen LogP contribution is 2.11. The highest BCUT2D eigenvalue weighted by atomic mass is 16.1. The third-order valence-corrected chi connectivity index (χ3v) is 1.68. The molecule has 0 bridgehead atoms. The van der Waals surface area contributed by atoms with Crippen molar-refractivity contribution in [1.29, 1.82) is 0 Å². The molecule has 5 nitrogen and oxygen atoms in total. The van der Waals surface area contributed by atoms with Gasteiger partial charge in [0.2, 0.25) is 5.91 Å². The van der Waals surface area contributed by atoms with Gasteiger partial charge in [0, 0.05) is 12.4 Å². The second-order valence-electron chi connectivity index (χ2n) is 2.48. The van der Waals surface area contributed by atoms with Gasteiger partial charge >= 0.3 is 0 Å². The summed E-state index contributed by atoms with van der Waals surface area (Å²) >= 11 is 0. The van der Waals surface area contributed by atoms with Crippen LogP contribution >= 0.6 is 0 Å². The number of hydrogen-bond donors (Lipinski definition) is 1. The van der Waals surface area contributed by atoms with Crippen molar-refractivity contribution >= 4 is 16.9 Å². The van der Waals surface area contributed by atoms with Crippen molar-refractivity contribution in [1.82, 2.24) is 15.0 Å². The fourth-order valence-electron chi connectivity index (χ4n) is 1.10. The number of primary amides is 1. The van der Waals surface area contributed by atoms with Crippen LogP contribution in [-0.4, -0.2) is 20.9 Å². The predicted molar refractivity (Wildman–Crippen MR) is 45.9 cm³/mol. The Bertz CT molecular complexity index is 463. The van der Waals surface area contributed by atoms with E-state index in [-0.39, 0.29) is 0 Å². The van der Waals surface area contributed by atoms with Crippen LogP contribution in [0.3, 0.4) is 0 Å². The maximum atomic E-state index is 11.0. The summed E-state index contributed by atoms with van der Waals surface area (Å²) in [6, 6.07) is 1.55. The molecule has 0 saturated heterocycles. The van der Waals surface area contributed by atoms with Crippen molar-refractivity contribution < 1.29 is 4.79 Å². The van der Waals surface area contributed by atoms with Crippen LogP contribution < -0.4 is 5.73 Å². The van der Waals surface area contributed by atoms with Gasteiger partial charge in [0.25, 0.3) is 0 Å². The van der Waals surface area contributed by atoms with Crippen LogP contribution in [0.4, 0.5) is 0 Å². The van der Waals surface area contributed by atoms with Gasteiger partial charge in [-0.15, -0.1) is 0 Å². The predicted octanol–water partition coefficient (Wildman–Crippen LogP) is 0.124. The van der Waals surface area contributed by atoms with E-state index in [1.54, 1.807) is 6.07 Å². The van der Waals surface area contributed by atoms with Gasteiger partial charge < -0.3 is 5.73 Å². The van der Waals surface area contributed by atoms with Crippen molar-refractivity contribution in [3.63, 3.8) is 0 Å². The Labute approximate surface area is 73.6 Å². The van der Waals surface area contributed by atoms with Crippen LogP contribution in [0.2, 0.25) is 0 Å². The largest absolute Gasteiger partial charge is 0.366 e. The second kappa shape index (κ2) is 2.78. The molecule has 0 aliphatic carbocycles. The zero-order chi connectivity index (χ0) is 9.26. The molecule has 2 rings (SSSR count). The topological polar surface area (TPSA) is 81.8 Å². The molecule has 0 fully saturated rings. The highest BCUT2D eigenvalue weighted by molar-refractivity contribution is 6.04. The summed E-state index contributed by atoms with van der Waals surface area (Å²) in [6.07, 6.45) is 4.39. The Morgan fingerprint density at radius 1 is 1.38 bits per heavy atom. The lowest BCUT2D eigenvalue weighted by Gasteiger charge is -1.98. The molecule has 0 atom stereocenters. The third-order valence-electron chi connectivity index (χ3n) is 1.68. The summed E-state index contributed by atoms with van der Waals surface area (Å²) < 4.78 is 0. The Morgan fingerprint density at radius 3 is 3.00 bits per heavy atom. The smallest absolute Gasteiger partial charge is 0.249 e. The van der Waals surface area contributed by atoms with E-state index in [1.807, 2.05) is 0 Å². The van der Waals surface area contributed by atoms with Crippen molar-refractivity contribution in [2.24, 2.45) is 5.73 Å². The number of carbonyl (C=O) groups excluding carboxylic acids is 1. The molecule has 13 heavy (non-hydrogen) atoms. The van der Waals surface area contributed by atoms with E-state index in [2.05, 4.69) is 15.0 Å². The lowest BCUT2D eigenvalue weighted by Crippen LogP contribution is -2.11. The number of nitrogens with two attached hydrogens (primary N) is 1. The molecule has 0 saturated carbocycles. The maximum absolute atomic E-state index is 11.0. The van der Waals surface area contributed by atoms with Crippen molar-refractivity contribution in [2.45, 2.75) is 0 Å². The zero-order valence-electron chi connectivity index (χ0n) is 6.64. The van der Waals surface area contributed by atoms with Crippen molar-refractivity contribution in [3.05, 3.63) is 30.4 Å². The number of hydrogen-bond acceptors (Lipinski definition) is 4. The molecular weight excluding hydrogens is 168 g/mol. The lowest BCUT2D eigenvalue weighted by molar-refractivity contribution is 0.100. The van der Waals surface area contributed by atoms with E-state index < -0.39 is 5.91 Å². The van der Waals surface area contributed by atoms with Gasteiger partial charge in [-0.05, 0) is 6.07 Å². The van der Waals surface area contributed by atoms with Crippen LogP contribution in [0, 0.1) is 0 Å². The van der Waals surface area contributed by atoms with Crippen LogP contribution in [0.15, 0.2) is 24.8 Å². The van der Waals surface area contributed by atoms with E-state index in [1.165, 1.54) is 18.7 Å². The van der Waals surface area contributed by atoms with Crippen molar-refractivity contribution in [3.8, 4) is 0 Å². The molecule has 0 aromatic carbocycles. The lowest BCUT2D eigenvalue weighted by atomic mass is 10.2. The molecule has 2 aromatic heterocycles. The second-order valence-corrected chi connectivity index (χ2v) is 2.48. The quantitative estimate of drug-likeness (QED) is 0.665. The zero-order valence-corrected chi connectivity index (χ0v) is 6.64. The molecule has 0 aliphatic heterocycles. The van der Waals surface area contributed by atoms with E-state index in [0.717, 1.165) is 0 Å². The first-order valence-corrected chi connectivity index (χ1v) is 3.63. The SMILES string of the molecule is NC(=O)c1ccnc2ncncc12. The van der Waals surface area contributed by atoms with E-state index in [0.29, 0.717) is 16.6 Å². The maximum Gasteiger partial charge on any atom is 0.249 e. The Hall–Kier alpha value is -2.04. The minimum absolute atomic E-state index is 0.394. The fraction of sp³-hybridized carbons (Fsp3) is 0. The van der Waals surface area contributed by atoms with Crippen LogP contribution in [0.5, 0.6) is 0 Å². The number of aromatic nitrogens is 3. The number of fused-ring (bicyclic) bond motifs is 1. The first kappa shape index (κ1) is 7.60. The molecule has 2 N–H and O–H groups in total. The summed E-state index contributed by atoms with van der Waals surface area (Å²) in [7, 11) is 0. The van der Waals surface area contributed by atoms with Gasteiger partial charge in [-0.2, -0.15) is 0 Å². The summed E-state index contributed by atoms with van der Waals surface area (Å²) in [5, 5.41) is 0.581. The van der Waals surface area contributed by atoms with Gasteiger partial charge in [-0.3, -0.25) is 4.79 Å². The third kappa shape index (κ3) is 1.20. The number of pyridine rings is 1. The number of carbonyl (C=O) groups is 1. The molecule has 0 aliphatic rings. The number of amides is 1. The minimum atomic E-state index is -0.498. The van der Waals surface area contributed by atoms with Crippen LogP contribution in [-0.2, 0) is 0 Å². The highest BCUT2D eigenvalue weighted by Gasteiger charge is 2.06. The molecule has 2 heterocycles. The Balaban J connectivity index is 2.83. The summed E-state index contributed by atoms with van der Waals surface area (Å²) in [6.45, 7) is 0. The standard InChI is InChI=1S/C8H6N4O/c9-7(13)5-1-2-11-8-6(5)3-10-4-12-8/h1-4H,(H2,9,13). The monoisotopic (exact) mass is 174 g/mol. The molecular formula is C8H6N4O. The Kier molecular flexibility index (Phi) is 1.63. The fourth-order valence-corrected chi connectivity index (χ4v) is 1.10. The summed E-state index contributed by atoms with van der Waals surface area (Å²) in [5.74, 6) is -0.498. The molecule has 1 amide bonds. The van der Waals surface area contributed by atoms with Gasteiger partial charge in [-0.25, -0.2) is 15.0 Å². The van der Waals surface area contributed by atoms with Crippen molar-refractivity contribution in [2.75, 3.05) is 0 Å². The molecule has 64 valence electrons.